The molecule has 3 rings (SSSR count). The minimum atomic E-state index is 0.263. The molecule has 0 atom stereocenters. The van der Waals surface area contributed by atoms with Crippen LogP contribution in [0.1, 0.15) is 25.5 Å². The molecule has 0 aliphatic rings. The third-order valence-electron chi connectivity index (χ3n) is 3.46. The quantitative estimate of drug-likeness (QED) is 0.800. The first-order chi connectivity index (χ1) is 10.1. The van der Waals surface area contributed by atoms with Crippen LogP contribution >= 0.6 is 11.6 Å². The Balaban J connectivity index is 2.23. The number of halogens is 1. The molecule has 1 aromatic carbocycles. The van der Waals surface area contributed by atoms with Crippen molar-refractivity contribution in [2.24, 2.45) is 5.73 Å². The number of hydrogen-bond acceptors (Lipinski definition) is 3. The predicted molar refractivity (Wildman–Crippen MR) is 86.3 cm³/mol. The minimum Gasteiger partial charge on any atom is -0.326 e. The van der Waals surface area contributed by atoms with Gasteiger partial charge in [-0.3, -0.25) is 4.98 Å². The van der Waals surface area contributed by atoms with Gasteiger partial charge in [0.15, 0.2) is 5.82 Å². The van der Waals surface area contributed by atoms with Crippen LogP contribution in [0.3, 0.4) is 0 Å². The van der Waals surface area contributed by atoms with Crippen LogP contribution in [0, 0.1) is 0 Å². The zero-order valence-electron chi connectivity index (χ0n) is 12.0. The van der Waals surface area contributed by atoms with E-state index in [0.29, 0.717) is 11.6 Å². The second-order valence-electron chi connectivity index (χ2n) is 5.29. The molecular formula is C16H17ClN4. The summed E-state index contributed by atoms with van der Waals surface area (Å²) >= 11 is 6.12. The predicted octanol–water partition coefficient (Wildman–Crippen LogP) is 3.79. The molecule has 2 N–H and O–H groups in total. The van der Waals surface area contributed by atoms with Gasteiger partial charge in [-0.2, -0.15) is 0 Å². The molecule has 3 aromatic rings. The lowest BCUT2D eigenvalue weighted by molar-refractivity contribution is 0.623. The largest absolute Gasteiger partial charge is 0.326 e. The van der Waals surface area contributed by atoms with Crippen LogP contribution in [0.4, 0.5) is 0 Å². The Morgan fingerprint density at radius 3 is 2.67 bits per heavy atom. The summed E-state index contributed by atoms with van der Waals surface area (Å²) < 4.78 is 2.16. The molecule has 2 aromatic heterocycles. The molecule has 0 spiro atoms. The Hall–Kier alpha value is -1.91. The molecular weight excluding hydrogens is 284 g/mol. The molecule has 2 heterocycles. The molecule has 0 radical (unpaired) electrons. The minimum absolute atomic E-state index is 0.263. The van der Waals surface area contributed by atoms with E-state index in [1.54, 1.807) is 6.20 Å². The van der Waals surface area contributed by atoms with E-state index >= 15 is 0 Å². The molecule has 0 bridgehead atoms. The maximum Gasteiger partial charge on any atom is 0.160 e. The van der Waals surface area contributed by atoms with Gasteiger partial charge in [-0.15, -0.1) is 0 Å². The van der Waals surface area contributed by atoms with Crippen LogP contribution in [0.25, 0.3) is 22.6 Å². The maximum atomic E-state index is 6.12. The van der Waals surface area contributed by atoms with Crippen LogP contribution < -0.4 is 5.73 Å². The summed E-state index contributed by atoms with van der Waals surface area (Å²) in [5.41, 5.74) is 9.42. The van der Waals surface area contributed by atoms with Gasteiger partial charge in [-0.25, -0.2) is 4.98 Å². The van der Waals surface area contributed by atoms with Gasteiger partial charge in [-0.05, 0) is 43.7 Å². The van der Waals surface area contributed by atoms with Crippen molar-refractivity contribution in [3.8, 4) is 11.5 Å². The number of fused-ring (bicyclic) bond motifs is 1. The highest BCUT2D eigenvalue weighted by molar-refractivity contribution is 6.31. The molecule has 0 aliphatic heterocycles. The number of benzene rings is 1. The molecule has 5 heteroatoms. The van der Waals surface area contributed by atoms with Crippen molar-refractivity contribution in [2.45, 2.75) is 26.4 Å². The first-order valence-electron chi connectivity index (χ1n) is 6.93. The van der Waals surface area contributed by atoms with E-state index < -0.39 is 0 Å². The zero-order valence-corrected chi connectivity index (χ0v) is 12.8. The monoisotopic (exact) mass is 300 g/mol. The van der Waals surface area contributed by atoms with Crippen molar-refractivity contribution in [1.29, 1.82) is 0 Å². The van der Waals surface area contributed by atoms with E-state index in [1.165, 1.54) is 0 Å². The first kappa shape index (κ1) is 14.0. The first-order valence-corrected chi connectivity index (χ1v) is 7.31. The van der Waals surface area contributed by atoms with Gasteiger partial charge >= 0.3 is 0 Å². The van der Waals surface area contributed by atoms with Gasteiger partial charge in [-0.1, -0.05) is 17.7 Å². The van der Waals surface area contributed by atoms with Crippen molar-refractivity contribution in [1.82, 2.24) is 14.5 Å². The Bertz CT molecular complexity index is 775. The number of nitrogens with two attached hydrogens (primary N) is 1. The highest BCUT2D eigenvalue weighted by Crippen LogP contribution is 2.29. The van der Waals surface area contributed by atoms with Crippen LogP contribution in [0.5, 0.6) is 0 Å². The third kappa shape index (κ3) is 2.52. The average molecular weight is 301 g/mol. The Morgan fingerprint density at radius 1 is 1.24 bits per heavy atom. The third-order valence-corrected chi connectivity index (χ3v) is 3.69. The molecule has 0 amide bonds. The van der Waals surface area contributed by atoms with Gasteiger partial charge in [0, 0.05) is 23.8 Å². The van der Waals surface area contributed by atoms with Gasteiger partial charge in [0.1, 0.15) is 5.69 Å². The number of rotatable bonds is 3. The lowest BCUT2D eigenvalue weighted by Crippen LogP contribution is -2.04. The summed E-state index contributed by atoms with van der Waals surface area (Å²) in [5.74, 6) is 0.853. The number of aromatic nitrogens is 3. The van der Waals surface area contributed by atoms with Gasteiger partial charge < -0.3 is 10.3 Å². The van der Waals surface area contributed by atoms with E-state index in [-0.39, 0.29) is 6.04 Å². The summed E-state index contributed by atoms with van der Waals surface area (Å²) in [5, 5.41) is 0.710. The van der Waals surface area contributed by atoms with E-state index in [9.17, 15) is 0 Å². The van der Waals surface area contributed by atoms with Crippen LogP contribution in [-0.2, 0) is 6.54 Å². The number of imidazole rings is 1. The molecule has 4 nitrogen and oxygen atoms in total. The Labute approximate surface area is 128 Å². The number of nitrogens with zero attached hydrogens (tertiary/aromatic N) is 3. The van der Waals surface area contributed by atoms with Crippen LogP contribution in [-0.4, -0.2) is 14.5 Å². The van der Waals surface area contributed by atoms with Gasteiger partial charge in [0.05, 0.1) is 11.0 Å². The highest BCUT2D eigenvalue weighted by Gasteiger charge is 2.16. The van der Waals surface area contributed by atoms with Gasteiger partial charge in [0.2, 0.25) is 0 Å². The Morgan fingerprint density at radius 2 is 2.05 bits per heavy atom. The van der Waals surface area contributed by atoms with E-state index in [2.05, 4.69) is 23.4 Å². The molecule has 108 valence electrons. The highest BCUT2D eigenvalue weighted by atomic mass is 35.5. The molecule has 0 unspecified atom stereocenters. The van der Waals surface area contributed by atoms with E-state index in [1.807, 2.05) is 30.3 Å². The number of hydrogen-bond donors (Lipinski definition) is 1. The smallest absolute Gasteiger partial charge is 0.160 e. The van der Waals surface area contributed by atoms with Crippen molar-refractivity contribution >= 4 is 22.6 Å². The van der Waals surface area contributed by atoms with Crippen molar-refractivity contribution in [2.75, 3.05) is 0 Å². The maximum absolute atomic E-state index is 6.12. The van der Waals surface area contributed by atoms with Crippen LogP contribution in [0.15, 0.2) is 36.5 Å². The summed E-state index contributed by atoms with van der Waals surface area (Å²) in [6.07, 6.45) is 1.80. The fourth-order valence-electron chi connectivity index (χ4n) is 2.45. The topological polar surface area (TPSA) is 56.7 Å². The molecule has 0 saturated heterocycles. The fraction of sp³-hybridized carbons (Fsp3) is 0.250. The van der Waals surface area contributed by atoms with E-state index in [0.717, 1.165) is 28.1 Å². The second-order valence-corrected chi connectivity index (χ2v) is 5.72. The van der Waals surface area contributed by atoms with E-state index in [4.69, 9.17) is 22.3 Å². The lowest BCUT2D eigenvalue weighted by atomic mass is 10.2. The number of pyridine rings is 1. The average Bonchev–Trinajstić information content (AvgIpc) is 2.86. The van der Waals surface area contributed by atoms with Crippen molar-refractivity contribution in [3.05, 3.63) is 47.1 Å². The summed E-state index contributed by atoms with van der Waals surface area (Å²) in [6.45, 7) is 4.74. The summed E-state index contributed by atoms with van der Waals surface area (Å²) in [4.78, 5) is 9.20. The Kier molecular flexibility index (Phi) is 3.66. The second kappa shape index (κ2) is 5.47. The molecule has 21 heavy (non-hydrogen) atoms. The molecule has 0 fully saturated rings. The van der Waals surface area contributed by atoms with Crippen LogP contribution in [0.2, 0.25) is 5.02 Å². The fourth-order valence-corrected chi connectivity index (χ4v) is 2.61. The zero-order chi connectivity index (χ0) is 15.0. The van der Waals surface area contributed by atoms with Crippen molar-refractivity contribution in [3.63, 3.8) is 0 Å². The van der Waals surface area contributed by atoms with Gasteiger partial charge in [0.25, 0.3) is 0 Å². The SMILES string of the molecule is CC(C)n1c(-c2ccc(CN)cn2)nc2ccc(Cl)cc21. The standard InChI is InChI=1S/C16H17ClN4/c1-10(2)21-15-7-12(17)4-6-13(15)20-16(21)14-5-3-11(8-18)9-19-14/h3-7,9-10H,8,18H2,1-2H3. The normalized spacial score (nSPS) is 11.5. The summed E-state index contributed by atoms with van der Waals surface area (Å²) in [7, 11) is 0. The molecule has 0 saturated carbocycles. The summed E-state index contributed by atoms with van der Waals surface area (Å²) in [6, 6.07) is 9.95. The lowest BCUT2D eigenvalue weighted by Gasteiger charge is -2.13. The molecule has 0 aliphatic carbocycles. The van der Waals surface area contributed by atoms with Crippen molar-refractivity contribution < 1.29 is 0 Å².